The van der Waals surface area contributed by atoms with Gasteiger partial charge in [0.2, 0.25) is 0 Å². The average molecular weight is 247 g/mol. The normalized spacial score (nSPS) is 11.2. The molecule has 94 valence electrons. The molecule has 0 atom stereocenters. The number of para-hydroxylation sites is 1. The molecule has 0 aliphatic carbocycles. The number of carboxylic acids is 1. The Labute approximate surface area is 96.3 Å². The summed E-state index contributed by atoms with van der Waals surface area (Å²) in [6.45, 7) is 0.0871. The summed E-state index contributed by atoms with van der Waals surface area (Å²) in [6.07, 6.45) is -5.14. The molecular weight excluding hydrogens is 235 g/mol. The molecule has 0 heterocycles. The van der Waals surface area contributed by atoms with E-state index in [-0.39, 0.29) is 18.5 Å². The third-order valence-electron chi connectivity index (χ3n) is 2.11. The molecule has 3 nitrogen and oxygen atoms in total. The van der Waals surface area contributed by atoms with Crippen LogP contribution >= 0.6 is 0 Å². The van der Waals surface area contributed by atoms with E-state index in [1.165, 1.54) is 12.1 Å². The lowest BCUT2D eigenvalue weighted by molar-refractivity contribution is -0.134. The topological polar surface area (TPSA) is 49.3 Å². The lowest BCUT2D eigenvalue weighted by Gasteiger charge is -2.10. The number of aromatic carboxylic acids is 1. The Hall–Kier alpha value is -1.72. The van der Waals surface area contributed by atoms with E-state index in [4.69, 9.17) is 5.11 Å². The Morgan fingerprint density at radius 2 is 1.94 bits per heavy atom. The van der Waals surface area contributed by atoms with Crippen LogP contribution in [-0.2, 0) is 0 Å². The molecule has 0 saturated heterocycles. The van der Waals surface area contributed by atoms with Gasteiger partial charge >= 0.3 is 12.1 Å². The van der Waals surface area contributed by atoms with Gasteiger partial charge in [-0.2, -0.15) is 13.2 Å². The molecule has 2 N–H and O–H groups in total. The van der Waals surface area contributed by atoms with Crippen molar-refractivity contribution in [3.63, 3.8) is 0 Å². The van der Waals surface area contributed by atoms with Crippen LogP contribution in [0.1, 0.15) is 23.2 Å². The molecule has 0 fully saturated rings. The van der Waals surface area contributed by atoms with Gasteiger partial charge in [0.05, 0.1) is 5.56 Å². The largest absolute Gasteiger partial charge is 0.478 e. The van der Waals surface area contributed by atoms with Crippen molar-refractivity contribution < 1.29 is 23.1 Å². The Bertz CT molecular complexity index is 391. The lowest BCUT2D eigenvalue weighted by atomic mass is 10.1. The van der Waals surface area contributed by atoms with Gasteiger partial charge in [-0.15, -0.1) is 0 Å². The first kappa shape index (κ1) is 13.3. The number of nitrogens with one attached hydrogen (secondary N) is 1. The molecule has 1 aromatic rings. The predicted molar refractivity (Wildman–Crippen MR) is 57.2 cm³/mol. The van der Waals surface area contributed by atoms with Crippen LogP contribution in [0.3, 0.4) is 0 Å². The van der Waals surface area contributed by atoms with Crippen LogP contribution in [0.5, 0.6) is 0 Å². The lowest BCUT2D eigenvalue weighted by Crippen LogP contribution is -2.12. The summed E-state index contributed by atoms with van der Waals surface area (Å²) >= 11 is 0. The molecule has 0 amide bonds. The van der Waals surface area contributed by atoms with Crippen molar-refractivity contribution in [3.8, 4) is 0 Å². The first-order valence-corrected chi connectivity index (χ1v) is 5.03. The number of rotatable bonds is 5. The summed E-state index contributed by atoms with van der Waals surface area (Å²) in [5.41, 5.74) is 0.390. The first-order valence-electron chi connectivity index (χ1n) is 5.03. The molecule has 0 aliphatic heterocycles. The van der Waals surface area contributed by atoms with Crippen LogP contribution in [0.2, 0.25) is 0 Å². The second-order valence-electron chi connectivity index (χ2n) is 3.50. The smallest absolute Gasteiger partial charge is 0.389 e. The Morgan fingerprint density at radius 1 is 1.29 bits per heavy atom. The van der Waals surface area contributed by atoms with Crippen LogP contribution < -0.4 is 5.32 Å². The standard InChI is InChI=1S/C11H12F3NO2/c12-11(13,14)6-3-7-15-9-5-2-1-4-8(9)10(16)17/h1-2,4-5,15H,3,6-7H2,(H,16,17). The number of halogens is 3. The highest BCUT2D eigenvalue weighted by atomic mass is 19.4. The number of benzene rings is 1. The fraction of sp³-hybridized carbons (Fsp3) is 0.364. The second-order valence-corrected chi connectivity index (χ2v) is 3.50. The van der Waals surface area contributed by atoms with Crippen molar-refractivity contribution >= 4 is 11.7 Å². The number of carboxylic acid groups (broad SMARTS) is 1. The molecule has 1 aromatic carbocycles. The van der Waals surface area contributed by atoms with E-state index in [0.29, 0.717) is 5.69 Å². The zero-order valence-electron chi connectivity index (χ0n) is 8.92. The second kappa shape index (κ2) is 5.56. The fourth-order valence-electron chi connectivity index (χ4n) is 1.34. The van der Waals surface area contributed by atoms with Crippen molar-refractivity contribution in [2.45, 2.75) is 19.0 Å². The van der Waals surface area contributed by atoms with E-state index in [1.807, 2.05) is 0 Å². The van der Waals surface area contributed by atoms with Gasteiger partial charge in [-0.1, -0.05) is 12.1 Å². The maximum atomic E-state index is 11.9. The van der Waals surface area contributed by atoms with Gasteiger partial charge in [-0.3, -0.25) is 0 Å². The van der Waals surface area contributed by atoms with Gasteiger partial charge in [0.1, 0.15) is 0 Å². The highest BCUT2D eigenvalue weighted by molar-refractivity contribution is 5.94. The number of carbonyl (C=O) groups is 1. The van der Waals surface area contributed by atoms with Gasteiger partial charge in [0.15, 0.2) is 0 Å². The molecule has 6 heteroatoms. The molecule has 0 bridgehead atoms. The van der Waals surface area contributed by atoms with Gasteiger partial charge in [0.25, 0.3) is 0 Å². The van der Waals surface area contributed by atoms with Crippen molar-refractivity contribution in [1.82, 2.24) is 0 Å². The summed E-state index contributed by atoms with van der Waals surface area (Å²) in [4.78, 5) is 10.8. The van der Waals surface area contributed by atoms with Crippen LogP contribution in [-0.4, -0.2) is 23.8 Å². The summed E-state index contributed by atoms with van der Waals surface area (Å²) in [5.74, 6) is -1.11. The molecule has 0 aromatic heterocycles. The van der Waals surface area contributed by atoms with Crippen LogP contribution in [0.4, 0.5) is 18.9 Å². The van der Waals surface area contributed by atoms with Gasteiger partial charge < -0.3 is 10.4 Å². The third kappa shape index (κ3) is 4.76. The molecule has 0 unspecified atom stereocenters. The summed E-state index contributed by atoms with van der Waals surface area (Å²) in [5, 5.41) is 11.5. The maximum absolute atomic E-state index is 11.9. The molecule has 1 rings (SSSR count). The molecule has 0 spiro atoms. The zero-order valence-corrected chi connectivity index (χ0v) is 8.92. The first-order chi connectivity index (χ1) is 7.90. The van der Waals surface area contributed by atoms with E-state index in [1.54, 1.807) is 12.1 Å². The van der Waals surface area contributed by atoms with Crippen molar-refractivity contribution in [1.29, 1.82) is 0 Å². The van der Waals surface area contributed by atoms with Crippen molar-refractivity contribution in [2.75, 3.05) is 11.9 Å². The SMILES string of the molecule is O=C(O)c1ccccc1NCCCC(F)(F)F. The van der Waals surface area contributed by atoms with Gasteiger partial charge in [0, 0.05) is 18.7 Å². The van der Waals surface area contributed by atoms with E-state index < -0.39 is 18.6 Å². The fourth-order valence-corrected chi connectivity index (χ4v) is 1.34. The van der Waals surface area contributed by atoms with Gasteiger partial charge in [-0.25, -0.2) is 4.79 Å². The van der Waals surface area contributed by atoms with E-state index >= 15 is 0 Å². The number of alkyl halides is 3. The quantitative estimate of drug-likeness (QED) is 0.786. The molecule has 0 aliphatic rings. The van der Waals surface area contributed by atoms with Gasteiger partial charge in [-0.05, 0) is 18.6 Å². The Kier molecular flexibility index (Phi) is 4.37. The average Bonchev–Trinajstić information content (AvgIpc) is 2.23. The summed E-state index contributed by atoms with van der Waals surface area (Å²) in [7, 11) is 0. The van der Waals surface area contributed by atoms with E-state index in [0.717, 1.165) is 0 Å². The number of hydrogen-bond donors (Lipinski definition) is 2. The predicted octanol–water partition coefficient (Wildman–Crippen LogP) is 3.14. The monoisotopic (exact) mass is 247 g/mol. The Balaban J connectivity index is 2.49. The summed E-state index contributed by atoms with van der Waals surface area (Å²) < 4.78 is 35.6. The molecular formula is C11H12F3NO2. The summed E-state index contributed by atoms with van der Waals surface area (Å²) in [6, 6.07) is 6.11. The third-order valence-corrected chi connectivity index (χ3v) is 2.11. The minimum atomic E-state index is -4.17. The molecule has 0 radical (unpaired) electrons. The number of anilines is 1. The van der Waals surface area contributed by atoms with E-state index in [2.05, 4.69) is 5.32 Å². The van der Waals surface area contributed by atoms with E-state index in [9.17, 15) is 18.0 Å². The Morgan fingerprint density at radius 3 is 2.53 bits per heavy atom. The van der Waals surface area contributed by atoms with Crippen molar-refractivity contribution in [2.24, 2.45) is 0 Å². The van der Waals surface area contributed by atoms with Crippen LogP contribution in [0, 0.1) is 0 Å². The highest BCUT2D eigenvalue weighted by Crippen LogP contribution is 2.21. The highest BCUT2D eigenvalue weighted by Gasteiger charge is 2.25. The van der Waals surface area contributed by atoms with Crippen molar-refractivity contribution in [3.05, 3.63) is 29.8 Å². The number of hydrogen-bond acceptors (Lipinski definition) is 2. The minimum absolute atomic E-state index is 0.0551. The zero-order chi connectivity index (χ0) is 12.9. The van der Waals surface area contributed by atoms with Crippen LogP contribution in [0.25, 0.3) is 0 Å². The molecule has 17 heavy (non-hydrogen) atoms. The maximum Gasteiger partial charge on any atom is 0.389 e. The molecule has 0 saturated carbocycles. The minimum Gasteiger partial charge on any atom is -0.478 e. The van der Waals surface area contributed by atoms with Crippen LogP contribution in [0.15, 0.2) is 24.3 Å².